The molecule has 29 heteroatoms. The summed E-state index contributed by atoms with van der Waals surface area (Å²) < 4.78 is 86.8. The van der Waals surface area contributed by atoms with Crippen LogP contribution in [-0.4, -0.2) is 233 Å². The fraction of sp³-hybridized carbons (Fsp3) is 0.622. The highest BCUT2D eigenvalue weighted by atomic mass is 28.4. The predicted molar refractivity (Wildman–Crippen MR) is 475 cm³/mol. The largest absolute Gasteiger partial charge is 0.456 e. The Morgan fingerprint density at radius 2 is 0.937 bits per heavy atom. The molecule has 4 aromatic carbocycles. The zero-order chi connectivity index (χ0) is 93.7. The van der Waals surface area contributed by atoms with Crippen LogP contribution in [0.3, 0.4) is 0 Å². The van der Waals surface area contributed by atoms with Gasteiger partial charge in [0.05, 0.1) is 65.3 Å². The van der Waals surface area contributed by atoms with Gasteiger partial charge in [0.1, 0.15) is 71.7 Å². The number of aliphatic hydroxyl groups excluding tert-OH is 1. The van der Waals surface area contributed by atoms with Crippen molar-refractivity contribution in [2.75, 3.05) is 41.7 Å². The lowest BCUT2D eigenvalue weighted by Gasteiger charge is -2.67. The van der Waals surface area contributed by atoms with Crippen molar-refractivity contribution in [2.45, 2.75) is 314 Å². The summed E-state index contributed by atoms with van der Waals surface area (Å²) in [6.45, 7) is 36.4. The number of aliphatic hydroxyl groups is 3. The molecule has 1 unspecified atom stereocenters. The summed E-state index contributed by atoms with van der Waals surface area (Å²) in [5, 5.41) is 38.1. The number of carbonyl (C=O) groups excluding carboxylic acids is 9. The van der Waals surface area contributed by atoms with Crippen molar-refractivity contribution >= 4 is 70.0 Å². The summed E-state index contributed by atoms with van der Waals surface area (Å²) in [6, 6.07) is 40.8. The van der Waals surface area contributed by atoms with E-state index in [1.54, 1.807) is 137 Å². The van der Waals surface area contributed by atoms with Crippen LogP contribution in [0.15, 0.2) is 144 Å². The van der Waals surface area contributed by atoms with Crippen molar-refractivity contribution in [2.24, 2.45) is 33.5 Å². The number of hydrogen-bond acceptors (Lipinski definition) is 26. The zero-order valence-electron chi connectivity index (χ0n) is 78.4. The second-order valence-electron chi connectivity index (χ2n) is 38.4. The van der Waals surface area contributed by atoms with Gasteiger partial charge in [0.15, 0.2) is 45.5 Å². The lowest BCUT2D eigenvalue weighted by Crippen LogP contribution is -2.82. The molecule has 9 aliphatic rings. The molecule has 4 aromatic rings. The molecule has 13 rings (SSSR count). The number of methoxy groups -OCH3 is 4. The molecule has 2 amide bonds. The summed E-state index contributed by atoms with van der Waals surface area (Å²) in [5.41, 5.74) is -9.13. The average Bonchev–Trinajstić information content (AvgIpc) is 0.670. The Hall–Kier alpha value is -8.02. The lowest BCUT2D eigenvalue weighted by atomic mass is 9.44. The number of esters is 5. The smallest absolute Gasteiger partial charge is 0.417 e. The second kappa shape index (κ2) is 38.1. The maximum absolute atomic E-state index is 15.7. The van der Waals surface area contributed by atoms with E-state index >= 15 is 4.79 Å². The maximum Gasteiger partial charge on any atom is 0.417 e. The van der Waals surface area contributed by atoms with Crippen molar-refractivity contribution in [3.63, 3.8) is 0 Å². The van der Waals surface area contributed by atoms with Crippen LogP contribution >= 0.6 is 0 Å². The Morgan fingerprint density at radius 3 is 1.31 bits per heavy atom. The number of imide groups is 1. The predicted octanol–water partition coefficient (Wildman–Crippen LogP) is 14.4. The molecule has 3 heterocycles. The Labute approximate surface area is 749 Å². The number of nitrogens with zero attached hydrogens (tertiary/aromatic N) is 1. The molecule has 6 aliphatic carbocycles. The Morgan fingerprint density at radius 1 is 0.543 bits per heavy atom. The van der Waals surface area contributed by atoms with Crippen molar-refractivity contribution in [1.29, 1.82) is 0 Å². The van der Waals surface area contributed by atoms with Crippen LogP contribution < -0.4 is 0 Å². The molecule has 27 nitrogen and oxygen atoms in total. The van der Waals surface area contributed by atoms with Crippen molar-refractivity contribution in [3.05, 3.63) is 166 Å². The molecule has 0 aromatic heterocycles. The number of Topliss-reactive ketones (excluding diaryl/α,β-unsaturated/α-hetero) is 2. The molecule has 127 heavy (non-hydrogen) atoms. The number of β-lactam (4-membered cyclic amide) rings is 1. The van der Waals surface area contributed by atoms with Crippen molar-refractivity contribution in [1.82, 2.24) is 4.90 Å². The van der Waals surface area contributed by atoms with Gasteiger partial charge in [0.2, 0.25) is 0 Å². The van der Waals surface area contributed by atoms with Crippen LogP contribution in [0.2, 0.25) is 36.3 Å². The molecule has 3 saturated heterocycles. The highest BCUT2D eigenvalue weighted by Gasteiger charge is 2.81. The topological polar surface area (TPSA) is 347 Å². The van der Waals surface area contributed by atoms with Crippen LogP contribution in [0.5, 0.6) is 0 Å². The Balaban J connectivity index is 0.000000201. The molecular weight excluding hydrogens is 1660 g/mol. The number of ketones is 2. The Bertz CT molecular complexity index is 4720. The van der Waals surface area contributed by atoms with E-state index in [1.807, 2.05) is 67.6 Å². The van der Waals surface area contributed by atoms with Gasteiger partial charge >= 0.3 is 35.9 Å². The van der Waals surface area contributed by atoms with Gasteiger partial charge in [0, 0.05) is 84.7 Å². The van der Waals surface area contributed by atoms with E-state index in [2.05, 4.69) is 41.5 Å². The minimum absolute atomic E-state index is 0.0704. The number of amides is 2. The second-order valence-corrected chi connectivity index (χ2v) is 47.9. The molecule has 0 spiro atoms. The van der Waals surface area contributed by atoms with Gasteiger partial charge in [-0.15, -0.1) is 0 Å². The van der Waals surface area contributed by atoms with Crippen LogP contribution in [0.1, 0.15) is 208 Å². The van der Waals surface area contributed by atoms with Crippen LogP contribution in [0.4, 0.5) is 4.79 Å². The molecule has 696 valence electrons. The molecular formula is C98H135NO26Si2. The van der Waals surface area contributed by atoms with E-state index in [4.69, 9.17) is 65.7 Å². The first kappa shape index (κ1) is 99.6. The van der Waals surface area contributed by atoms with E-state index in [0.717, 1.165) is 47.4 Å². The summed E-state index contributed by atoms with van der Waals surface area (Å²) >= 11 is 0. The SMILES string of the molecule is CC[Si](CC)(CC)O[C@@H](C(=O)OC1C[C@@]2(O)[C@@H](OC(=O)c3ccccc3)[C@@H]3[C@]4(OC(C)=O)CO[C@@H]4C[C@H](OC)[C@@]3(C)C(=O)[C@H](OC)C(=C1C)C2(C)C)[C@@H](C)c1ccccc1.CC[Si](CC)(CC)O[C@H]1C(=O)N(C(=O)OC(C)(C)C)[C@H]1c1ccccc1.CO[C@H]1C(=O)[C@]2(C)[C@@H](OC)C[C@H]3OC[C@@]3(OC(C)=O)[C@H]2[C@H](OC(=O)c2ccccc2)[C@]2(O)C[C@H](O)C(C)=C1C2(C)C. The quantitative estimate of drug-likeness (QED) is 0.0182. The van der Waals surface area contributed by atoms with E-state index in [-0.39, 0.29) is 61.7 Å². The first-order valence-electron chi connectivity index (χ1n) is 44.9. The minimum Gasteiger partial charge on any atom is -0.456 e. The van der Waals surface area contributed by atoms with Crippen LogP contribution in [0, 0.1) is 33.5 Å². The van der Waals surface area contributed by atoms with Crippen LogP contribution in [-0.2, 0) is 94.5 Å². The summed E-state index contributed by atoms with van der Waals surface area (Å²) in [6.07, 6.45) is -12.9. The standard InChI is InChI=1S/C47H64O12Si.C31H40O10.C20H31NO4Si/c1-12-60(13-2,14-3)59-37(28(4)31-21-17-15-18-22-31)43(51)56-33-26-47(52)41(57-42(50)32-23-19-16-20-24-32)39-45(9,40(49)38(54-11)36(29(33)5)44(47,7)8)34(53-10)25-35-46(39,27-55-35)58-30(6)48;1-16-19(33)14-31(36)26(40-27(35)18-11-9-8-10-12-18)24-29(5,25(34)23(38-7)22(16)28(31,3)4)20(37-6)13-21-30(24,15-39-21)41-17(2)32;1-7-26(8-2,9-3)25-17-16(15-13-11-10-12-14-15)21(18(17)22)19(23)24-20(4,5)6/h15-24,28,33-35,37-39,41,52H,12-14,25-27H2,1-11H3;8-12,19-21,23-24,26,33,36H,13-15H2,1-7H3;10-14,16-17H,7-9H2,1-6H3/t28-,33?,34-,35+,37+,38+,39-,41-,45+,46-,47+;19-,20-,21+,23+,24-,26-,29+,30-,31+;16-,17+/m000/s1. The van der Waals surface area contributed by atoms with Crippen molar-refractivity contribution < 1.29 is 124 Å². The number of hydrogen-bond donors (Lipinski definition) is 3. The van der Waals surface area contributed by atoms with Crippen molar-refractivity contribution in [3.8, 4) is 0 Å². The van der Waals surface area contributed by atoms with E-state index < -0.39 is 205 Å². The molecule has 3 aliphatic heterocycles. The highest BCUT2D eigenvalue weighted by molar-refractivity contribution is 6.74. The first-order chi connectivity index (χ1) is 59.7. The average molecular weight is 1800 g/mol. The Kier molecular flexibility index (Phi) is 29.8. The van der Waals surface area contributed by atoms with E-state index in [0.29, 0.717) is 22.3 Å². The van der Waals surface area contributed by atoms with Crippen LogP contribution in [0.25, 0.3) is 0 Å². The van der Waals surface area contributed by atoms with Gasteiger partial charge in [-0.1, -0.05) is 173 Å². The van der Waals surface area contributed by atoms with Gasteiger partial charge in [0.25, 0.3) is 5.91 Å². The lowest BCUT2D eigenvalue weighted by molar-refractivity contribution is -0.347. The number of ether oxygens (including phenoxy) is 12. The fourth-order valence-corrected chi connectivity index (χ4v) is 28.2. The summed E-state index contributed by atoms with van der Waals surface area (Å²) in [5.74, 6) is -7.14. The van der Waals surface area contributed by atoms with Gasteiger partial charge < -0.3 is 81.0 Å². The van der Waals surface area contributed by atoms with Gasteiger partial charge in [-0.2, -0.15) is 0 Å². The molecule has 4 bridgehead atoms. The molecule has 4 saturated carbocycles. The minimum atomic E-state index is -2.40. The number of likely N-dealkylation sites (tertiary alicyclic amines) is 1. The van der Waals surface area contributed by atoms with Gasteiger partial charge in [-0.25, -0.2) is 24.1 Å². The summed E-state index contributed by atoms with van der Waals surface area (Å²) in [7, 11) is 1.43. The number of benzene rings is 4. The third-order valence-corrected chi connectivity index (χ3v) is 39.7. The molecule has 22 atom stereocenters. The van der Waals surface area contributed by atoms with Gasteiger partial charge in [-0.3, -0.25) is 24.0 Å². The highest BCUT2D eigenvalue weighted by Crippen LogP contribution is 2.68. The first-order valence-corrected chi connectivity index (χ1v) is 49.9. The summed E-state index contributed by atoms with van der Waals surface area (Å²) in [4.78, 5) is 126. The fourth-order valence-electron chi connectivity index (χ4n) is 22.6. The number of fused-ring (bicyclic) bond motifs is 10. The normalized spacial score (nSPS) is 33.2. The molecule has 3 N–H and O–H groups in total. The van der Waals surface area contributed by atoms with E-state index in [1.165, 1.54) is 47.2 Å². The third-order valence-electron chi connectivity index (χ3n) is 30.5. The molecule has 0 radical (unpaired) electrons. The monoisotopic (exact) mass is 1800 g/mol. The molecule has 7 fully saturated rings. The maximum atomic E-state index is 15.7. The van der Waals surface area contributed by atoms with Gasteiger partial charge in [-0.05, 0) is 142 Å². The zero-order valence-corrected chi connectivity index (χ0v) is 80.4. The number of carbonyl (C=O) groups is 9. The third kappa shape index (κ3) is 17.3. The van der Waals surface area contributed by atoms with E-state index in [9.17, 15) is 53.7 Å². The number of rotatable bonds is 25.